The number of carbonyl (C=O) groups is 1. The smallest absolute Gasteiger partial charge is 0.404 e. The molecule has 88 valence electrons. The maximum atomic E-state index is 9.74. The number of hydrogen-bond acceptors (Lipinski definition) is 3. The first-order valence-corrected chi connectivity index (χ1v) is 4.47. The molecule has 6 N–H and O–H groups in total. The Kier molecular flexibility index (Phi) is 20.4. The average Bonchev–Trinajstić information content (AvgIpc) is 2.03. The van der Waals surface area contributed by atoms with Crippen molar-refractivity contribution in [1.82, 2.24) is 5.32 Å². The van der Waals surface area contributed by atoms with Crippen LogP contribution >= 0.6 is 12.4 Å². The predicted molar refractivity (Wildman–Crippen MR) is 60.9 cm³/mol. The van der Waals surface area contributed by atoms with Gasteiger partial charge in [0.1, 0.15) is 0 Å². The highest BCUT2D eigenvalue weighted by Gasteiger charge is 1.94. The van der Waals surface area contributed by atoms with E-state index in [0.717, 1.165) is 6.54 Å². The summed E-state index contributed by atoms with van der Waals surface area (Å²) in [5, 5.41) is 10.1. The Bertz CT molecular complexity index is 121. The first-order valence-electron chi connectivity index (χ1n) is 4.47. The Hall–Kier alpha value is -0.520. The van der Waals surface area contributed by atoms with Crippen molar-refractivity contribution in [2.24, 2.45) is 11.5 Å². The van der Waals surface area contributed by atoms with Crippen molar-refractivity contribution in [1.29, 1.82) is 0 Å². The molecule has 0 saturated carbocycles. The molecule has 0 radical (unpaired) electrons. The number of unbranched alkanes of at least 4 members (excludes halogenated alkanes) is 1. The summed E-state index contributed by atoms with van der Waals surface area (Å²) < 4.78 is 0. The molecule has 1 unspecified atom stereocenters. The molecule has 0 heterocycles. The van der Waals surface area contributed by atoms with E-state index >= 15 is 0 Å². The Morgan fingerprint density at radius 2 is 2.07 bits per heavy atom. The van der Waals surface area contributed by atoms with Gasteiger partial charge in [0.25, 0.3) is 0 Å². The molecule has 0 aromatic heterocycles. The van der Waals surface area contributed by atoms with Crippen LogP contribution in [0, 0.1) is 0 Å². The predicted octanol–water partition coefficient (Wildman–Crippen LogP) is 0.768. The summed E-state index contributed by atoms with van der Waals surface area (Å²) in [5.41, 5.74) is 10.4. The van der Waals surface area contributed by atoms with Gasteiger partial charge in [-0.3, -0.25) is 0 Å². The van der Waals surface area contributed by atoms with Crippen molar-refractivity contribution >= 4 is 18.5 Å². The van der Waals surface area contributed by atoms with Gasteiger partial charge in [-0.15, -0.1) is 12.4 Å². The molecule has 0 aliphatic heterocycles. The van der Waals surface area contributed by atoms with Crippen LogP contribution in [0.15, 0.2) is 0 Å². The Labute approximate surface area is 91.6 Å². The highest BCUT2D eigenvalue weighted by atomic mass is 35.5. The molecule has 0 aromatic rings. The summed E-state index contributed by atoms with van der Waals surface area (Å²) >= 11 is 0. The largest absolute Gasteiger partial charge is 0.465 e. The molecular weight excluding hydrogens is 206 g/mol. The van der Waals surface area contributed by atoms with Gasteiger partial charge in [-0.25, -0.2) is 4.79 Å². The fourth-order valence-electron chi connectivity index (χ4n) is 0.452. The second-order valence-corrected chi connectivity index (χ2v) is 2.81. The Balaban J connectivity index is -0.000000177. The molecule has 0 rings (SSSR count). The van der Waals surface area contributed by atoms with Gasteiger partial charge in [0.15, 0.2) is 0 Å². The van der Waals surface area contributed by atoms with Gasteiger partial charge in [0.2, 0.25) is 0 Å². The zero-order valence-corrected chi connectivity index (χ0v) is 9.64. The number of nitrogens with one attached hydrogen (secondary N) is 1. The Morgan fingerprint density at radius 1 is 1.57 bits per heavy atom. The second-order valence-electron chi connectivity index (χ2n) is 2.81. The lowest BCUT2D eigenvalue weighted by Crippen LogP contribution is -2.34. The Morgan fingerprint density at radius 3 is 2.14 bits per heavy atom. The second kappa shape index (κ2) is 15.0. The molecule has 0 spiro atoms. The molecular formula is C8H22ClN3O2. The van der Waals surface area contributed by atoms with Crippen LogP contribution in [0.1, 0.15) is 26.7 Å². The third-order valence-corrected chi connectivity index (χ3v) is 1.13. The van der Waals surface area contributed by atoms with Crippen LogP contribution in [0.4, 0.5) is 4.79 Å². The fourth-order valence-corrected chi connectivity index (χ4v) is 0.452. The number of hydrogen-bond donors (Lipinski definition) is 4. The van der Waals surface area contributed by atoms with E-state index in [1.807, 2.05) is 0 Å². The summed E-state index contributed by atoms with van der Waals surface area (Å²) in [6, 6.07) is -0.105. The topological polar surface area (TPSA) is 101 Å². The third kappa shape index (κ3) is 30.0. The van der Waals surface area contributed by atoms with Crippen LogP contribution in [0.25, 0.3) is 0 Å². The van der Waals surface area contributed by atoms with Crippen LogP contribution in [0.2, 0.25) is 0 Å². The van der Waals surface area contributed by atoms with Crippen molar-refractivity contribution in [3.05, 3.63) is 0 Å². The van der Waals surface area contributed by atoms with E-state index in [9.17, 15) is 4.79 Å². The van der Waals surface area contributed by atoms with Crippen molar-refractivity contribution in [2.45, 2.75) is 32.7 Å². The molecule has 0 bridgehead atoms. The van der Waals surface area contributed by atoms with E-state index in [1.165, 1.54) is 12.8 Å². The number of amides is 1. The average molecular weight is 228 g/mol. The number of carboxylic acid groups (broad SMARTS) is 1. The van der Waals surface area contributed by atoms with Gasteiger partial charge >= 0.3 is 6.09 Å². The molecule has 0 aliphatic carbocycles. The fraction of sp³-hybridized carbons (Fsp3) is 0.875. The summed E-state index contributed by atoms with van der Waals surface area (Å²) in [4.78, 5) is 9.74. The summed E-state index contributed by atoms with van der Waals surface area (Å²) in [6.07, 6.45) is 1.36. The van der Waals surface area contributed by atoms with E-state index in [2.05, 4.69) is 12.2 Å². The number of halogens is 1. The van der Waals surface area contributed by atoms with Crippen LogP contribution in [-0.2, 0) is 0 Å². The van der Waals surface area contributed by atoms with Gasteiger partial charge in [-0.05, 0) is 19.9 Å². The summed E-state index contributed by atoms with van der Waals surface area (Å²) in [7, 11) is 0. The van der Waals surface area contributed by atoms with E-state index in [1.54, 1.807) is 6.92 Å². The molecule has 6 heteroatoms. The lowest BCUT2D eigenvalue weighted by molar-refractivity contribution is 0.194. The van der Waals surface area contributed by atoms with Gasteiger partial charge in [-0.1, -0.05) is 13.3 Å². The van der Waals surface area contributed by atoms with Gasteiger partial charge in [-0.2, -0.15) is 0 Å². The zero-order valence-electron chi connectivity index (χ0n) is 8.82. The number of nitrogens with two attached hydrogens (primary N) is 2. The van der Waals surface area contributed by atoms with E-state index in [4.69, 9.17) is 16.6 Å². The van der Waals surface area contributed by atoms with E-state index < -0.39 is 6.09 Å². The number of rotatable bonds is 4. The SMILES string of the molecule is CC(N)CNC(=O)O.CCCCN.Cl. The van der Waals surface area contributed by atoms with Crippen molar-refractivity contribution < 1.29 is 9.90 Å². The lowest BCUT2D eigenvalue weighted by Gasteiger charge is -2.01. The standard InChI is InChI=1S/C4H10N2O2.C4H11N.ClH/c1-3(5)2-6-4(7)8;1-2-3-4-5;/h3,6H,2,5H2,1H3,(H,7,8);2-5H2,1H3;1H. The monoisotopic (exact) mass is 227 g/mol. The molecule has 0 fully saturated rings. The minimum Gasteiger partial charge on any atom is -0.465 e. The molecule has 14 heavy (non-hydrogen) atoms. The van der Waals surface area contributed by atoms with Crippen LogP contribution in [0.3, 0.4) is 0 Å². The zero-order chi connectivity index (χ0) is 10.7. The third-order valence-electron chi connectivity index (χ3n) is 1.13. The normalized spacial score (nSPS) is 10.3. The van der Waals surface area contributed by atoms with Crippen molar-refractivity contribution in [3.63, 3.8) is 0 Å². The molecule has 5 nitrogen and oxygen atoms in total. The quantitative estimate of drug-likeness (QED) is 0.570. The maximum Gasteiger partial charge on any atom is 0.404 e. The minimum absolute atomic E-state index is 0. The van der Waals surface area contributed by atoms with Gasteiger partial charge < -0.3 is 21.9 Å². The molecule has 0 aliphatic rings. The van der Waals surface area contributed by atoms with E-state index in [-0.39, 0.29) is 18.4 Å². The highest BCUT2D eigenvalue weighted by molar-refractivity contribution is 5.85. The summed E-state index contributed by atoms with van der Waals surface area (Å²) in [5.74, 6) is 0. The van der Waals surface area contributed by atoms with E-state index in [0.29, 0.717) is 6.54 Å². The van der Waals surface area contributed by atoms with Crippen LogP contribution in [-0.4, -0.2) is 30.3 Å². The molecule has 0 saturated heterocycles. The molecule has 0 aromatic carbocycles. The highest BCUT2D eigenvalue weighted by Crippen LogP contribution is 1.77. The van der Waals surface area contributed by atoms with Gasteiger partial charge in [0, 0.05) is 12.6 Å². The van der Waals surface area contributed by atoms with Crippen molar-refractivity contribution in [3.8, 4) is 0 Å². The summed E-state index contributed by atoms with van der Waals surface area (Å²) in [6.45, 7) is 5.02. The lowest BCUT2D eigenvalue weighted by atomic mass is 10.3. The maximum absolute atomic E-state index is 9.74. The molecule has 1 amide bonds. The van der Waals surface area contributed by atoms with Crippen molar-refractivity contribution in [2.75, 3.05) is 13.1 Å². The van der Waals surface area contributed by atoms with Crippen LogP contribution < -0.4 is 16.8 Å². The van der Waals surface area contributed by atoms with Crippen LogP contribution in [0.5, 0.6) is 0 Å². The molecule has 1 atom stereocenters. The van der Waals surface area contributed by atoms with Gasteiger partial charge in [0.05, 0.1) is 0 Å². The first kappa shape index (κ1) is 19.1. The first-order chi connectivity index (χ1) is 6.04. The minimum atomic E-state index is -1.03.